The number of nitrogens with two attached hydrogens (primary N) is 1. The lowest BCUT2D eigenvalue weighted by Gasteiger charge is -2.21. The number of likely N-dealkylation sites (N-methyl/N-ethyl adjacent to an activating group) is 1. The minimum Gasteiger partial charge on any atom is -0.462 e. The van der Waals surface area contributed by atoms with Crippen LogP contribution in [0.4, 0.5) is 11.5 Å². The van der Waals surface area contributed by atoms with Crippen molar-refractivity contribution in [2.24, 2.45) is 0 Å². The molecule has 6 heteroatoms. The fourth-order valence-electron chi connectivity index (χ4n) is 1.61. The second-order valence-electron chi connectivity index (χ2n) is 3.97. The second-order valence-corrected chi connectivity index (χ2v) is 3.97. The van der Waals surface area contributed by atoms with Gasteiger partial charge in [-0.3, -0.25) is 0 Å². The Bertz CT molecular complexity index is 424. The van der Waals surface area contributed by atoms with Crippen LogP contribution in [0.25, 0.3) is 0 Å². The number of esters is 1. The van der Waals surface area contributed by atoms with E-state index >= 15 is 0 Å². The minimum absolute atomic E-state index is 0.296. The Balaban J connectivity index is 2.89. The summed E-state index contributed by atoms with van der Waals surface area (Å²) in [5, 5.41) is 0. The van der Waals surface area contributed by atoms with E-state index in [2.05, 4.69) is 4.98 Å². The lowest BCUT2D eigenvalue weighted by Crippen LogP contribution is -2.25. The third kappa shape index (κ3) is 4.40. The highest BCUT2D eigenvalue weighted by molar-refractivity contribution is 5.96. The van der Waals surface area contributed by atoms with E-state index < -0.39 is 5.97 Å². The smallest absolute Gasteiger partial charge is 0.340 e. The summed E-state index contributed by atoms with van der Waals surface area (Å²) >= 11 is 0. The molecule has 0 aliphatic heterocycles. The number of pyridine rings is 1. The first-order valence-corrected chi connectivity index (χ1v) is 6.31. The molecule has 19 heavy (non-hydrogen) atoms. The van der Waals surface area contributed by atoms with Gasteiger partial charge in [0.05, 0.1) is 30.7 Å². The Morgan fingerprint density at radius 3 is 2.79 bits per heavy atom. The van der Waals surface area contributed by atoms with E-state index in [1.54, 1.807) is 13.1 Å². The number of hydrogen-bond donors (Lipinski definition) is 1. The molecule has 1 aromatic rings. The van der Waals surface area contributed by atoms with Crippen LogP contribution in [-0.2, 0) is 9.47 Å². The Morgan fingerprint density at radius 1 is 1.42 bits per heavy atom. The molecule has 0 aliphatic rings. The van der Waals surface area contributed by atoms with Gasteiger partial charge in [0.15, 0.2) is 0 Å². The number of carbonyl (C=O) groups is 1. The molecule has 0 atom stereocenters. The number of anilines is 2. The van der Waals surface area contributed by atoms with E-state index in [1.165, 1.54) is 6.07 Å². The van der Waals surface area contributed by atoms with E-state index in [9.17, 15) is 4.79 Å². The van der Waals surface area contributed by atoms with Gasteiger partial charge in [0.25, 0.3) is 0 Å². The number of nitrogens with zero attached hydrogens (tertiary/aromatic N) is 2. The topological polar surface area (TPSA) is 77.7 Å². The first-order chi connectivity index (χ1) is 9.10. The number of carbonyl (C=O) groups excluding carboxylic acids is 1. The fourth-order valence-corrected chi connectivity index (χ4v) is 1.61. The van der Waals surface area contributed by atoms with E-state index in [4.69, 9.17) is 15.2 Å². The maximum Gasteiger partial charge on any atom is 0.340 e. The largest absolute Gasteiger partial charge is 0.462 e. The van der Waals surface area contributed by atoms with Crippen molar-refractivity contribution in [3.63, 3.8) is 0 Å². The summed E-state index contributed by atoms with van der Waals surface area (Å²) in [7, 11) is 1.87. The zero-order valence-electron chi connectivity index (χ0n) is 11.7. The van der Waals surface area contributed by atoms with Gasteiger partial charge in [-0.25, -0.2) is 9.78 Å². The first kappa shape index (κ1) is 15.2. The van der Waals surface area contributed by atoms with Crippen LogP contribution < -0.4 is 10.6 Å². The average Bonchev–Trinajstić information content (AvgIpc) is 2.39. The van der Waals surface area contributed by atoms with Crippen LogP contribution in [0.2, 0.25) is 0 Å². The van der Waals surface area contributed by atoms with Crippen LogP contribution in [0.1, 0.15) is 24.2 Å². The predicted octanol–water partition coefficient (Wildman–Crippen LogP) is 1.31. The zero-order valence-corrected chi connectivity index (χ0v) is 11.7. The zero-order chi connectivity index (χ0) is 14.3. The van der Waals surface area contributed by atoms with Crippen molar-refractivity contribution in [2.45, 2.75) is 13.8 Å². The monoisotopic (exact) mass is 267 g/mol. The molecule has 0 radical (unpaired) electrons. The van der Waals surface area contributed by atoms with E-state index in [0.29, 0.717) is 43.4 Å². The van der Waals surface area contributed by atoms with E-state index in [0.717, 1.165) is 0 Å². The summed E-state index contributed by atoms with van der Waals surface area (Å²) in [5.74, 6) is -0.0973. The lowest BCUT2D eigenvalue weighted by atomic mass is 10.2. The Kier molecular flexibility index (Phi) is 6.08. The van der Waals surface area contributed by atoms with Crippen LogP contribution in [-0.4, -0.2) is 44.4 Å². The lowest BCUT2D eigenvalue weighted by molar-refractivity contribution is 0.0527. The van der Waals surface area contributed by atoms with Gasteiger partial charge >= 0.3 is 5.97 Å². The third-order valence-electron chi connectivity index (χ3n) is 2.59. The fraction of sp³-hybridized carbons (Fsp3) is 0.538. The molecule has 1 heterocycles. The molecule has 0 amide bonds. The van der Waals surface area contributed by atoms with Crippen molar-refractivity contribution in [3.05, 3.63) is 17.8 Å². The molecule has 0 saturated carbocycles. The highest BCUT2D eigenvalue weighted by Gasteiger charge is 2.16. The van der Waals surface area contributed by atoms with Crippen molar-refractivity contribution in [1.82, 2.24) is 4.98 Å². The van der Waals surface area contributed by atoms with Gasteiger partial charge < -0.3 is 20.1 Å². The van der Waals surface area contributed by atoms with Crippen LogP contribution in [0.3, 0.4) is 0 Å². The molecule has 0 spiro atoms. The van der Waals surface area contributed by atoms with Gasteiger partial charge in [-0.2, -0.15) is 0 Å². The quantitative estimate of drug-likeness (QED) is 0.593. The Labute approximate surface area is 113 Å². The molecule has 1 aromatic heterocycles. The standard InChI is InChI=1S/C13H21N3O3/c1-4-18-7-6-16(3)11-9-15-12(14)8-10(11)13(17)19-5-2/h8-9H,4-7H2,1-3H3,(H2,14,15). The summed E-state index contributed by atoms with van der Waals surface area (Å²) in [4.78, 5) is 17.8. The van der Waals surface area contributed by atoms with Crippen molar-refractivity contribution < 1.29 is 14.3 Å². The Morgan fingerprint density at radius 2 is 2.16 bits per heavy atom. The van der Waals surface area contributed by atoms with Crippen molar-refractivity contribution in [2.75, 3.05) is 44.0 Å². The maximum atomic E-state index is 11.9. The molecule has 1 rings (SSSR count). The van der Waals surface area contributed by atoms with E-state index in [-0.39, 0.29) is 0 Å². The summed E-state index contributed by atoms with van der Waals surface area (Å²) in [6, 6.07) is 1.53. The van der Waals surface area contributed by atoms with Gasteiger partial charge in [0, 0.05) is 20.2 Å². The van der Waals surface area contributed by atoms with Gasteiger partial charge in [-0.05, 0) is 19.9 Å². The average molecular weight is 267 g/mol. The van der Waals surface area contributed by atoms with Gasteiger partial charge in [0.2, 0.25) is 0 Å². The van der Waals surface area contributed by atoms with Crippen LogP contribution in [0.15, 0.2) is 12.3 Å². The molecule has 0 saturated heterocycles. The number of aromatic nitrogens is 1. The number of ether oxygens (including phenoxy) is 2. The van der Waals surface area contributed by atoms with Crippen LogP contribution >= 0.6 is 0 Å². The molecular formula is C13H21N3O3. The molecule has 106 valence electrons. The normalized spacial score (nSPS) is 10.3. The van der Waals surface area contributed by atoms with Crippen molar-refractivity contribution in [1.29, 1.82) is 0 Å². The highest BCUT2D eigenvalue weighted by atomic mass is 16.5. The molecule has 0 unspecified atom stereocenters. The summed E-state index contributed by atoms with van der Waals surface area (Å²) in [5.41, 5.74) is 6.73. The highest BCUT2D eigenvalue weighted by Crippen LogP contribution is 2.21. The first-order valence-electron chi connectivity index (χ1n) is 6.31. The summed E-state index contributed by atoms with van der Waals surface area (Å²) < 4.78 is 10.3. The second kappa shape index (κ2) is 7.58. The summed E-state index contributed by atoms with van der Waals surface area (Å²) in [6.45, 7) is 5.93. The molecule has 6 nitrogen and oxygen atoms in total. The molecule has 2 N–H and O–H groups in total. The predicted molar refractivity (Wildman–Crippen MR) is 74.4 cm³/mol. The maximum absolute atomic E-state index is 11.9. The Hall–Kier alpha value is -1.82. The van der Waals surface area contributed by atoms with Crippen LogP contribution in [0.5, 0.6) is 0 Å². The molecule has 0 fully saturated rings. The number of hydrogen-bond acceptors (Lipinski definition) is 6. The minimum atomic E-state index is -0.394. The van der Waals surface area contributed by atoms with Crippen LogP contribution in [0, 0.1) is 0 Å². The third-order valence-corrected chi connectivity index (χ3v) is 2.59. The van der Waals surface area contributed by atoms with Crippen molar-refractivity contribution in [3.8, 4) is 0 Å². The van der Waals surface area contributed by atoms with Gasteiger partial charge in [-0.15, -0.1) is 0 Å². The van der Waals surface area contributed by atoms with E-state index in [1.807, 2.05) is 18.9 Å². The SMILES string of the molecule is CCOCCN(C)c1cnc(N)cc1C(=O)OCC. The molecule has 0 aliphatic carbocycles. The number of rotatable bonds is 7. The number of nitrogen functional groups attached to an aromatic ring is 1. The summed E-state index contributed by atoms with van der Waals surface area (Å²) in [6.07, 6.45) is 1.58. The van der Waals surface area contributed by atoms with Crippen molar-refractivity contribution >= 4 is 17.5 Å². The molecular weight excluding hydrogens is 246 g/mol. The molecule has 0 aromatic carbocycles. The van der Waals surface area contributed by atoms with Gasteiger partial charge in [-0.1, -0.05) is 0 Å². The van der Waals surface area contributed by atoms with Gasteiger partial charge in [0.1, 0.15) is 5.82 Å². The molecule has 0 bridgehead atoms.